The van der Waals surface area contributed by atoms with Crippen LogP contribution in [0.3, 0.4) is 0 Å². The zero-order valence-electron chi connectivity index (χ0n) is 11.5. The molecule has 1 aliphatic rings. The molecular weight excluding hydrogens is 298 g/mol. The van der Waals surface area contributed by atoms with Gasteiger partial charge in [-0.1, -0.05) is 13.8 Å². The first kappa shape index (κ1) is 15.5. The fourth-order valence-electron chi connectivity index (χ4n) is 2.54. The summed E-state index contributed by atoms with van der Waals surface area (Å²) in [5.74, 6) is -0.112. The lowest BCUT2D eigenvalue weighted by atomic mass is 9.98. The molecule has 3 unspecified atom stereocenters. The number of carboxylic acid groups (broad SMARTS) is 1. The van der Waals surface area contributed by atoms with E-state index in [0.717, 1.165) is 24.2 Å². The summed E-state index contributed by atoms with van der Waals surface area (Å²) in [5, 5.41) is 8.71. The molecule has 1 heterocycles. The van der Waals surface area contributed by atoms with Crippen LogP contribution in [0.5, 0.6) is 0 Å². The summed E-state index contributed by atoms with van der Waals surface area (Å²) < 4.78 is 27.5. The van der Waals surface area contributed by atoms with Crippen molar-refractivity contribution >= 4 is 27.3 Å². The first-order valence-electron chi connectivity index (χ1n) is 6.62. The maximum absolute atomic E-state index is 12.3. The van der Waals surface area contributed by atoms with Crippen molar-refractivity contribution in [2.24, 2.45) is 11.8 Å². The number of thiophene rings is 1. The standard InChI is InChI=1S/C13H19NO4S2/c1-8-3-5-11(9(8)2)14-20(17,18)13-6-4-10(19-13)7-12(15)16/h4,6,8-9,11,14H,3,5,7H2,1-2H3,(H,15,16). The Morgan fingerprint density at radius 1 is 1.40 bits per heavy atom. The second-order valence-electron chi connectivity index (χ2n) is 5.43. The van der Waals surface area contributed by atoms with Crippen LogP contribution in [0.25, 0.3) is 0 Å². The predicted octanol–water partition coefficient (Wildman–Crippen LogP) is 2.09. The van der Waals surface area contributed by atoms with E-state index in [4.69, 9.17) is 5.11 Å². The van der Waals surface area contributed by atoms with E-state index in [2.05, 4.69) is 18.6 Å². The van der Waals surface area contributed by atoms with Gasteiger partial charge in [0.15, 0.2) is 0 Å². The number of rotatable bonds is 5. The highest BCUT2D eigenvalue weighted by molar-refractivity contribution is 7.91. The van der Waals surface area contributed by atoms with Gasteiger partial charge in [0, 0.05) is 10.9 Å². The molecule has 112 valence electrons. The van der Waals surface area contributed by atoms with E-state index in [9.17, 15) is 13.2 Å². The minimum Gasteiger partial charge on any atom is -0.481 e. The van der Waals surface area contributed by atoms with Crippen LogP contribution in [0, 0.1) is 11.8 Å². The number of hydrogen-bond donors (Lipinski definition) is 2. The Hall–Kier alpha value is -0.920. The van der Waals surface area contributed by atoms with Crippen LogP contribution >= 0.6 is 11.3 Å². The van der Waals surface area contributed by atoms with E-state index in [1.54, 1.807) is 6.07 Å². The van der Waals surface area contributed by atoms with Gasteiger partial charge >= 0.3 is 5.97 Å². The number of aliphatic carboxylic acids is 1. The average molecular weight is 317 g/mol. The van der Waals surface area contributed by atoms with Crippen LogP contribution in [0.15, 0.2) is 16.3 Å². The van der Waals surface area contributed by atoms with Gasteiger partial charge in [0.1, 0.15) is 4.21 Å². The Morgan fingerprint density at radius 2 is 2.10 bits per heavy atom. The van der Waals surface area contributed by atoms with E-state index >= 15 is 0 Å². The molecule has 0 aliphatic heterocycles. The zero-order valence-corrected chi connectivity index (χ0v) is 13.1. The fourth-order valence-corrected chi connectivity index (χ4v) is 5.26. The van der Waals surface area contributed by atoms with E-state index in [1.165, 1.54) is 6.07 Å². The molecule has 1 aromatic rings. The van der Waals surface area contributed by atoms with Crippen LogP contribution in [-0.2, 0) is 21.2 Å². The van der Waals surface area contributed by atoms with Crippen LogP contribution in [0.2, 0.25) is 0 Å². The molecule has 1 fully saturated rings. The van der Waals surface area contributed by atoms with Crippen molar-refractivity contribution in [2.45, 2.75) is 43.4 Å². The Morgan fingerprint density at radius 3 is 2.65 bits per heavy atom. The van der Waals surface area contributed by atoms with Gasteiger partial charge in [-0.05, 0) is 36.8 Å². The zero-order chi connectivity index (χ0) is 14.9. The van der Waals surface area contributed by atoms with Crippen molar-refractivity contribution in [3.05, 3.63) is 17.0 Å². The summed E-state index contributed by atoms with van der Waals surface area (Å²) in [6, 6.07) is 3.02. The number of hydrogen-bond acceptors (Lipinski definition) is 4. The van der Waals surface area contributed by atoms with Gasteiger partial charge in [0.25, 0.3) is 0 Å². The Labute approximate surface area is 123 Å². The molecule has 7 heteroatoms. The van der Waals surface area contributed by atoms with Crippen LogP contribution in [0.4, 0.5) is 0 Å². The highest BCUT2D eigenvalue weighted by Crippen LogP contribution is 2.32. The smallest absolute Gasteiger partial charge is 0.308 e. The number of carbonyl (C=O) groups is 1. The lowest BCUT2D eigenvalue weighted by molar-refractivity contribution is -0.136. The molecule has 0 spiro atoms. The second kappa shape index (κ2) is 5.83. The lowest BCUT2D eigenvalue weighted by Crippen LogP contribution is -2.36. The van der Waals surface area contributed by atoms with E-state index in [1.807, 2.05) is 0 Å². The van der Waals surface area contributed by atoms with Crippen LogP contribution in [0.1, 0.15) is 31.6 Å². The highest BCUT2D eigenvalue weighted by atomic mass is 32.2. The molecule has 2 rings (SSSR count). The van der Waals surface area contributed by atoms with Gasteiger partial charge < -0.3 is 5.11 Å². The van der Waals surface area contributed by atoms with E-state index in [-0.39, 0.29) is 16.7 Å². The highest BCUT2D eigenvalue weighted by Gasteiger charge is 2.33. The van der Waals surface area contributed by atoms with Crippen molar-refractivity contribution in [2.75, 3.05) is 0 Å². The van der Waals surface area contributed by atoms with Crippen molar-refractivity contribution < 1.29 is 18.3 Å². The molecule has 2 N–H and O–H groups in total. The topological polar surface area (TPSA) is 83.5 Å². The van der Waals surface area contributed by atoms with Gasteiger partial charge in [-0.3, -0.25) is 4.79 Å². The molecule has 0 bridgehead atoms. The van der Waals surface area contributed by atoms with Gasteiger partial charge in [-0.15, -0.1) is 11.3 Å². The molecular formula is C13H19NO4S2. The second-order valence-corrected chi connectivity index (χ2v) is 8.54. The van der Waals surface area contributed by atoms with Gasteiger partial charge in [-0.25, -0.2) is 13.1 Å². The fraction of sp³-hybridized carbons (Fsp3) is 0.615. The summed E-state index contributed by atoms with van der Waals surface area (Å²) in [5.41, 5.74) is 0. The minimum atomic E-state index is -3.54. The maximum Gasteiger partial charge on any atom is 0.308 e. The monoisotopic (exact) mass is 317 g/mol. The largest absolute Gasteiger partial charge is 0.481 e. The van der Waals surface area contributed by atoms with Crippen molar-refractivity contribution in [1.82, 2.24) is 4.72 Å². The molecule has 0 saturated heterocycles. The molecule has 5 nitrogen and oxygen atoms in total. The molecule has 1 saturated carbocycles. The molecule has 0 radical (unpaired) electrons. The molecule has 20 heavy (non-hydrogen) atoms. The summed E-state index contributed by atoms with van der Waals surface area (Å²) in [6.45, 7) is 4.20. The third kappa shape index (κ3) is 3.39. The van der Waals surface area contributed by atoms with Crippen LogP contribution in [-0.4, -0.2) is 25.5 Å². The number of carboxylic acids is 1. The molecule has 1 aliphatic carbocycles. The number of nitrogens with one attached hydrogen (secondary N) is 1. The lowest BCUT2D eigenvalue weighted by Gasteiger charge is -2.19. The summed E-state index contributed by atoms with van der Waals surface area (Å²) in [7, 11) is -3.54. The first-order chi connectivity index (χ1) is 9.29. The Kier molecular flexibility index (Phi) is 4.51. The van der Waals surface area contributed by atoms with E-state index in [0.29, 0.717) is 16.7 Å². The van der Waals surface area contributed by atoms with Gasteiger partial charge in [-0.2, -0.15) is 0 Å². The summed E-state index contributed by atoms with van der Waals surface area (Å²) in [4.78, 5) is 11.2. The molecule has 0 amide bonds. The SMILES string of the molecule is CC1CCC(NS(=O)(=O)c2ccc(CC(=O)O)s2)C1C. The quantitative estimate of drug-likeness (QED) is 0.871. The Bertz CT molecular complexity index is 593. The predicted molar refractivity (Wildman–Crippen MR) is 77.3 cm³/mol. The van der Waals surface area contributed by atoms with Crippen molar-refractivity contribution in [3.63, 3.8) is 0 Å². The molecule has 1 aromatic heterocycles. The molecule has 0 aromatic carbocycles. The minimum absolute atomic E-state index is 0.0278. The van der Waals surface area contributed by atoms with Crippen molar-refractivity contribution in [3.8, 4) is 0 Å². The first-order valence-corrected chi connectivity index (χ1v) is 8.92. The van der Waals surface area contributed by atoms with Crippen LogP contribution < -0.4 is 4.72 Å². The van der Waals surface area contributed by atoms with E-state index < -0.39 is 16.0 Å². The third-order valence-electron chi connectivity index (χ3n) is 4.00. The Balaban J connectivity index is 2.10. The summed E-state index contributed by atoms with van der Waals surface area (Å²) >= 11 is 1.02. The van der Waals surface area contributed by atoms with Crippen molar-refractivity contribution in [1.29, 1.82) is 0 Å². The number of sulfonamides is 1. The third-order valence-corrected chi connectivity index (χ3v) is 7.07. The maximum atomic E-state index is 12.3. The normalized spacial score (nSPS) is 26.8. The molecule has 3 atom stereocenters. The van der Waals surface area contributed by atoms with Gasteiger partial charge in [0.2, 0.25) is 10.0 Å². The summed E-state index contributed by atoms with van der Waals surface area (Å²) in [6.07, 6.45) is 1.75. The average Bonchev–Trinajstić information content (AvgIpc) is 2.91. The van der Waals surface area contributed by atoms with Gasteiger partial charge in [0.05, 0.1) is 6.42 Å².